The molecule has 1 aliphatic rings. The van der Waals surface area contributed by atoms with E-state index in [0.717, 1.165) is 51.6 Å². The highest BCUT2D eigenvalue weighted by atomic mass is 32.1. The minimum absolute atomic E-state index is 0.611. The number of aromatic nitrogens is 2. The first-order valence-electron chi connectivity index (χ1n) is 5.93. The molecule has 5 nitrogen and oxygen atoms in total. The van der Waals surface area contributed by atoms with Crippen molar-refractivity contribution in [3.63, 3.8) is 0 Å². The van der Waals surface area contributed by atoms with Crippen molar-refractivity contribution in [3.8, 4) is 0 Å². The summed E-state index contributed by atoms with van der Waals surface area (Å²) < 4.78 is 5.92. The van der Waals surface area contributed by atoms with Crippen LogP contribution in [0.4, 0.5) is 5.82 Å². The van der Waals surface area contributed by atoms with E-state index in [9.17, 15) is 0 Å². The van der Waals surface area contributed by atoms with E-state index in [1.54, 1.807) is 6.33 Å². The molecular formula is C11H18N4OS. The van der Waals surface area contributed by atoms with Gasteiger partial charge in [0.2, 0.25) is 0 Å². The molecule has 0 aromatic carbocycles. The molecule has 0 amide bonds. The Labute approximate surface area is 106 Å². The molecule has 6 heteroatoms. The molecule has 17 heavy (non-hydrogen) atoms. The van der Waals surface area contributed by atoms with Crippen LogP contribution in [0.2, 0.25) is 0 Å². The number of nitrogens with zero attached hydrogens (tertiary/aromatic N) is 2. The van der Waals surface area contributed by atoms with Gasteiger partial charge in [-0.25, -0.2) is 4.98 Å². The number of nitrogens with one attached hydrogen (secondary N) is 2. The number of aromatic amines is 1. The number of hydrogen-bond acceptors (Lipinski definition) is 5. The van der Waals surface area contributed by atoms with E-state index in [-0.39, 0.29) is 0 Å². The summed E-state index contributed by atoms with van der Waals surface area (Å²) in [5, 5.41) is 3.30. The molecule has 1 fully saturated rings. The standard InChI is InChI=1S/C11H18N4OS/c17-11-8-10(13-9-14-11)12-2-1-3-15-4-6-16-7-5-15/h8-9H,1-7H2,(H2,12,13,14,17). The number of rotatable bonds is 5. The lowest BCUT2D eigenvalue weighted by atomic mass is 10.3. The summed E-state index contributed by atoms with van der Waals surface area (Å²) in [6.45, 7) is 5.89. The van der Waals surface area contributed by atoms with Crippen LogP contribution in [-0.2, 0) is 4.74 Å². The minimum Gasteiger partial charge on any atom is -0.379 e. The Morgan fingerprint density at radius 2 is 2.29 bits per heavy atom. The van der Waals surface area contributed by atoms with E-state index in [1.807, 2.05) is 6.07 Å². The van der Waals surface area contributed by atoms with Crippen LogP contribution in [0.15, 0.2) is 12.4 Å². The maximum Gasteiger partial charge on any atom is 0.131 e. The average Bonchev–Trinajstić information content (AvgIpc) is 2.36. The molecule has 2 N–H and O–H groups in total. The molecule has 0 bridgehead atoms. The lowest BCUT2D eigenvalue weighted by Gasteiger charge is -2.26. The summed E-state index contributed by atoms with van der Waals surface area (Å²) >= 11 is 4.99. The lowest BCUT2D eigenvalue weighted by molar-refractivity contribution is 0.0378. The highest BCUT2D eigenvalue weighted by Crippen LogP contribution is 2.01. The zero-order valence-electron chi connectivity index (χ0n) is 9.82. The second-order valence-electron chi connectivity index (χ2n) is 4.03. The molecule has 2 rings (SSSR count). The predicted molar refractivity (Wildman–Crippen MR) is 69.8 cm³/mol. The third-order valence-corrected chi connectivity index (χ3v) is 2.97. The van der Waals surface area contributed by atoms with Gasteiger partial charge in [0.25, 0.3) is 0 Å². The van der Waals surface area contributed by atoms with Gasteiger partial charge in [-0.15, -0.1) is 0 Å². The first-order chi connectivity index (χ1) is 8.34. The van der Waals surface area contributed by atoms with Crippen LogP contribution in [0.3, 0.4) is 0 Å². The topological polar surface area (TPSA) is 53.2 Å². The van der Waals surface area contributed by atoms with Crippen LogP contribution in [0.25, 0.3) is 0 Å². The highest BCUT2D eigenvalue weighted by Gasteiger charge is 2.08. The van der Waals surface area contributed by atoms with Crippen LogP contribution in [0, 0.1) is 4.64 Å². The lowest BCUT2D eigenvalue weighted by Crippen LogP contribution is -2.37. The van der Waals surface area contributed by atoms with Crippen LogP contribution in [0.1, 0.15) is 6.42 Å². The largest absolute Gasteiger partial charge is 0.379 e. The Balaban J connectivity index is 1.64. The Bertz CT molecular complexity index is 389. The predicted octanol–water partition coefficient (Wildman–Crippen LogP) is 1.27. The Kier molecular flexibility index (Phi) is 4.90. The summed E-state index contributed by atoms with van der Waals surface area (Å²) in [6, 6.07) is 1.84. The Morgan fingerprint density at radius 1 is 1.47 bits per heavy atom. The molecule has 0 unspecified atom stereocenters. The van der Waals surface area contributed by atoms with Gasteiger partial charge >= 0.3 is 0 Å². The molecular weight excluding hydrogens is 236 g/mol. The smallest absolute Gasteiger partial charge is 0.131 e. The van der Waals surface area contributed by atoms with Crippen molar-refractivity contribution in [1.82, 2.24) is 14.9 Å². The van der Waals surface area contributed by atoms with Gasteiger partial charge in [-0.1, -0.05) is 12.2 Å². The van der Waals surface area contributed by atoms with Gasteiger partial charge in [0.05, 0.1) is 19.5 Å². The number of anilines is 1. The van der Waals surface area contributed by atoms with Crippen molar-refractivity contribution in [2.75, 3.05) is 44.7 Å². The molecule has 2 heterocycles. The van der Waals surface area contributed by atoms with Crippen molar-refractivity contribution in [1.29, 1.82) is 0 Å². The van der Waals surface area contributed by atoms with Gasteiger partial charge < -0.3 is 15.0 Å². The SMILES string of the molecule is S=c1cc(NCCCN2CCOCC2)[nH]cn1. The number of morpholine rings is 1. The molecule has 1 saturated heterocycles. The molecule has 1 aliphatic heterocycles. The second-order valence-corrected chi connectivity index (χ2v) is 4.45. The molecule has 0 radical (unpaired) electrons. The normalized spacial score (nSPS) is 16.9. The maximum absolute atomic E-state index is 5.31. The fourth-order valence-corrected chi connectivity index (χ4v) is 1.99. The van der Waals surface area contributed by atoms with Crippen LogP contribution in [-0.4, -0.2) is 54.3 Å². The first-order valence-corrected chi connectivity index (χ1v) is 6.34. The van der Waals surface area contributed by atoms with E-state index < -0.39 is 0 Å². The summed E-state index contributed by atoms with van der Waals surface area (Å²) in [5.41, 5.74) is 0. The Morgan fingerprint density at radius 3 is 3.06 bits per heavy atom. The van der Waals surface area contributed by atoms with Gasteiger partial charge in [0, 0.05) is 25.7 Å². The number of ether oxygens (including phenoxy) is 1. The zero-order chi connectivity index (χ0) is 11.9. The van der Waals surface area contributed by atoms with Gasteiger partial charge in [-0.05, 0) is 13.0 Å². The second kappa shape index (κ2) is 6.68. The monoisotopic (exact) mass is 254 g/mol. The van der Waals surface area contributed by atoms with E-state index in [0.29, 0.717) is 4.64 Å². The first kappa shape index (κ1) is 12.5. The van der Waals surface area contributed by atoms with Crippen molar-refractivity contribution in [3.05, 3.63) is 17.0 Å². The van der Waals surface area contributed by atoms with E-state index in [2.05, 4.69) is 20.2 Å². The third-order valence-electron chi connectivity index (χ3n) is 2.75. The van der Waals surface area contributed by atoms with Crippen LogP contribution in [0.5, 0.6) is 0 Å². The van der Waals surface area contributed by atoms with Crippen molar-refractivity contribution in [2.45, 2.75) is 6.42 Å². The van der Waals surface area contributed by atoms with Gasteiger partial charge in [0.15, 0.2) is 0 Å². The molecule has 0 aliphatic carbocycles. The van der Waals surface area contributed by atoms with Crippen molar-refractivity contribution in [2.24, 2.45) is 0 Å². The molecule has 94 valence electrons. The maximum atomic E-state index is 5.31. The third kappa shape index (κ3) is 4.41. The quantitative estimate of drug-likeness (QED) is 0.612. The van der Waals surface area contributed by atoms with E-state index in [1.165, 1.54) is 0 Å². The van der Waals surface area contributed by atoms with Crippen molar-refractivity contribution < 1.29 is 4.74 Å². The average molecular weight is 254 g/mol. The fraction of sp³-hybridized carbons (Fsp3) is 0.636. The molecule has 0 saturated carbocycles. The summed E-state index contributed by atoms with van der Waals surface area (Å²) in [7, 11) is 0. The van der Waals surface area contributed by atoms with Gasteiger partial charge in [-0.2, -0.15) is 0 Å². The molecule has 0 spiro atoms. The van der Waals surface area contributed by atoms with Gasteiger partial charge in [0.1, 0.15) is 10.5 Å². The zero-order valence-corrected chi connectivity index (χ0v) is 10.6. The van der Waals surface area contributed by atoms with E-state index >= 15 is 0 Å². The van der Waals surface area contributed by atoms with Crippen molar-refractivity contribution >= 4 is 18.0 Å². The minimum atomic E-state index is 0.611. The van der Waals surface area contributed by atoms with Crippen LogP contribution >= 0.6 is 12.2 Å². The molecule has 0 atom stereocenters. The highest BCUT2D eigenvalue weighted by molar-refractivity contribution is 7.71. The molecule has 1 aromatic rings. The fourth-order valence-electron chi connectivity index (χ4n) is 1.82. The number of hydrogen-bond donors (Lipinski definition) is 2. The number of H-pyrrole nitrogens is 1. The van der Waals surface area contributed by atoms with Crippen LogP contribution < -0.4 is 5.32 Å². The van der Waals surface area contributed by atoms with E-state index in [4.69, 9.17) is 17.0 Å². The molecule has 1 aromatic heterocycles. The Hall–Kier alpha value is -0.980. The van der Waals surface area contributed by atoms with Gasteiger partial charge in [-0.3, -0.25) is 4.90 Å². The summed E-state index contributed by atoms with van der Waals surface area (Å²) in [5.74, 6) is 0.937. The summed E-state index contributed by atoms with van der Waals surface area (Å²) in [6.07, 6.45) is 2.73. The summed E-state index contributed by atoms with van der Waals surface area (Å²) in [4.78, 5) is 9.39.